The second-order valence-electron chi connectivity index (χ2n) is 2.22. The third-order valence-corrected chi connectivity index (χ3v) is 2.78. The van der Waals surface area contributed by atoms with Gasteiger partial charge in [0.15, 0.2) is 0 Å². The van der Waals surface area contributed by atoms with Gasteiger partial charge in [-0.2, -0.15) is 0 Å². The van der Waals surface area contributed by atoms with E-state index in [1.807, 2.05) is 0 Å². The summed E-state index contributed by atoms with van der Waals surface area (Å²) < 4.78 is 26.1. The Labute approximate surface area is 65.9 Å². The molecule has 0 atom stereocenters. The van der Waals surface area contributed by atoms with Crippen molar-refractivity contribution in [1.82, 2.24) is 9.29 Å². The standard InChI is InChI=1S/C6H10N2O2S/c1-7-11(9,10)6-3-4-8(2)5-6/h3-5,7H,1-2H3. The zero-order valence-electron chi connectivity index (χ0n) is 6.40. The minimum Gasteiger partial charge on any atom is -0.356 e. The predicted molar refractivity (Wildman–Crippen MR) is 41.7 cm³/mol. The third-order valence-electron chi connectivity index (χ3n) is 1.38. The largest absolute Gasteiger partial charge is 0.356 e. The number of rotatable bonds is 2. The fourth-order valence-corrected chi connectivity index (χ4v) is 1.54. The molecule has 1 heterocycles. The van der Waals surface area contributed by atoms with Crippen molar-refractivity contribution >= 4 is 10.0 Å². The van der Waals surface area contributed by atoms with Gasteiger partial charge in [0.2, 0.25) is 10.0 Å². The van der Waals surface area contributed by atoms with Crippen LogP contribution in [0, 0.1) is 0 Å². The molecule has 0 aliphatic rings. The lowest BCUT2D eigenvalue weighted by Gasteiger charge is -1.96. The Bertz CT molecular complexity index is 339. The van der Waals surface area contributed by atoms with E-state index in [1.165, 1.54) is 7.05 Å². The van der Waals surface area contributed by atoms with Gasteiger partial charge in [0, 0.05) is 19.4 Å². The summed E-state index contributed by atoms with van der Waals surface area (Å²) in [6.07, 6.45) is 3.23. The molecule has 1 rings (SSSR count). The topological polar surface area (TPSA) is 51.1 Å². The first-order valence-corrected chi connectivity index (χ1v) is 4.60. The molecule has 0 amide bonds. The molecule has 0 aromatic carbocycles. The van der Waals surface area contributed by atoms with Crippen LogP contribution in [-0.2, 0) is 17.1 Å². The quantitative estimate of drug-likeness (QED) is 0.682. The summed E-state index contributed by atoms with van der Waals surface area (Å²) in [7, 11) is -0.0845. The Kier molecular flexibility index (Phi) is 2.01. The second-order valence-corrected chi connectivity index (χ2v) is 4.11. The number of hydrogen-bond acceptors (Lipinski definition) is 2. The minimum atomic E-state index is -3.25. The average Bonchev–Trinajstić information content (AvgIpc) is 2.36. The fraction of sp³-hybridized carbons (Fsp3) is 0.333. The normalized spacial score (nSPS) is 11.8. The molecule has 0 spiro atoms. The van der Waals surface area contributed by atoms with Crippen LogP contribution in [0.25, 0.3) is 0 Å². The van der Waals surface area contributed by atoms with Crippen LogP contribution < -0.4 is 4.72 Å². The molecule has 0 bridgehead atoms. The maximum Gasteiger partial charge on any atom is 0.241 e. The number of hydrogen-bond donors (Lipinski definition) is 1. The Morgan fingerprint density at radius 1 is 1.55 bits per heavy atom. The van der Waals surface area contributed by atoms with Gasteiger partial charge in [0.25, 0.3) is 0 Å². The van der Waals surface area contributed by atoms with Gasteiger partial charge in [-0.3, -0.25) is 0 Å². The van der Waals surface area contributed by atoms with Crippen LogP contribution in [0.2, 0.25) is 0 Å². The Morgan fingerprint density at radius 2 is 2.18 bits per heavy atom. The number of sulfonamides is 1. The SMILES string of the molecule is CNS(=O)(=O)c1ccn(C)c1. The van der Waals surface area contributed by atoms with Crippen LogP contribution in [0.4, 0.5) is 0 Å². The van der Waals surface area contributed by atoms with Crippen LogP contribution in [0.5, 0.6) is 0 Å². The Morgan fingerprint density at radius 3 is 2.55 bits per heavy atom. The summed E-state index contributed by atoms with van der Waals surface area (Å²) >= 11 is 0. The zero-order chi connectivity index (χ0) is 8.48. The smallest absolute Gasteiger partial charge is 0.241 e. The molecule has 62 valence electrons. The number of aromatic nitrogens is 1. The Balaban J connectivity index is 3.13. The van der Waals surface area contributed by atoms with Crippen LogP contribution in [0.15, 0.2) is 23.4 Å². The maximum atomic E-state index is 11.1. The molecule has 0 unspecified atom stereocenters. The highest BCUT2D eigenvalue weighted by Gasteiger charge is 2.10. The zero-order valence-corrected chi connectivity index (χ0v) is 7.22. The molecule has 1 aromatic rings. The summed E-state index contributed by atoms with van der Waals surface area (Å²) in [5.74, 6) is 0. The molecule has 4 nitrogen and oxygen atoms in total. The third kappa shape index (κ3) is 1.61. The first-order chi connectivity index (χ1) is 5.06. The summed E-state index contributed by atoms with van der Waals surface area (Å²) in [6, 6.07) is 1.55. The van der Waals surface area contributed by atoms with E-state index in [1.54, 1.807) is 30.1 Å². The van der Waals surface area contributed by atoms with Crippen molar-refractivity contribution in [2.75, 3.05) is 7.05 Å². The van der Waals surface area contributed by atoms with Crippen molar-refractivity contribution in [2.45, 2.75) is 4.90 Å². The van der Waals surface area contributed by atoms with Crippen molar-refractivity contribution in [3.8, 4) is 0 Å². The molecule has 1 aromatic heterocycles. The molecule has 0 aliphatic carbocycles. The lowest BCUT2D eigenvalue weighted by atomic mass is 10.7. The molecule has 0 fully saturated rings. The van der Waals surface area contributed by atoms with Gasteiger partial charge < -0.3 is 4.57 Å². The van der Waals surface area contributed by atoms with E-state index in [-0.39, 0.29) is 0 Å². The number of nitrogens with zero attached hydrogens (tertiary/aromatic N) is 1. The molecule has 0 aliphatic heterocycles. The molecule has 0 saturated carbocycles. The van der Waals surface area contributed by atoms with Crippen molar-refractivity contribution in [1.29, 1.82) is 0 Å². The second kappa shape index (κ2) is 2.67. The lowest BCUT2D eigenvalue weighted by molar-refractivity contribution is 0.588. The van der Waals surface area contributed by atoms with E-state index >= 15 is 0 Å². The van der Waals surface area contributed by atoms with E-state index in [9.17, 15) is 8.42 Å². The van der Waals surface area contributed by atoms with Crippen LogP contribution in [0.1, 0.15) is 0 Å². The highest BCUT2D eigenvalue weighted by molar-refractivity contribution is 7.89. The van der Waals surface area contributed by atoms with Gasteiger partial charge in [-0.05, 0) is 13.1 Å². The minimum absolute atomic E-state index is 0.294. The molecule has 0 saturated heterocycles. The molecular weight excluding hydrogens is 164 g/mol. The van der Waals surface area contributed by atoms with E-state index < -0.39 is 10.0 Å². The highest BCUT2D eigenvalue weighted by Crippen LogP contribution is 2.06. The molecule has 0 radical (unpaired) electrons. The van der Waals surface area contributed by atoms with E-state index in [0.29, 0.717) is 4.90 Å². The summed E-state index contributed by atoms with van der Waals surface area (Å²) in [4.78, 5) is 0.294. The van der Waals surface area contributed by atoms with Crippen LogP contribution >= 0.6 is 0 Å². The lowest BCUT2D eigenvalue weighted by Crippen LogP contribution is -2.17. The van der Waals surface area contributed by atoms with Crippen molar-refractivity contribution in [2.24, 2.45) is 7.05 Å². The number of nitrogens with one attached hydrogen (secondary N) is 1. The molecule has 5 heteroatoms. The maximum absolute atomic E-state index is 11.1. The van der Waals surface area contributed by atoms with Gasteiger partial charge in [0.05, 0.1) is 4.90 Å². The van der Waals surface area contributed by atoms with Gasteiger partial charge >= 0.3 is 0 Å². The van der Waals surface area contributed by atoms with E-state index in [2.05, 4.69) is 4.72 Å². The van der Waals surface area contributed by atoms with Crippen molar-refractivity contribution in [3.05, 3.63) is 18.5 Å². The number of aryl methyl sites for hydroxylation is 1. The summed E-state index contributed by atoms with van der Waals surface area (Å²) in [6.45, 7) is 0. The monoisotopic (exact) mass is 174 g/mol. The fourth-order valence-electron chi connectivity index (χ4n) is 0.755. The average molecular weight is 174 g/mol. The Hall–Kier alpha value is -0.810. The van der Waals surface area contributed by atoms with Gasteiger partial charge in [-0.25, -0.2) is 13.1 Å². The highest BCUT2D eigenvalue weighted by atomic mass is 32.2. The van der Waals surface area contributed by atoms with E-state index in [0.717, 1.165) is 0 Å². The summed E-state index contributed by atoms with van der Waals surface area (Å²) in [5, 5.41) is 0. The van der Waals surface area contributed by atoms with Crippen molar-refractivity contribution < 1.29 is 8.42 Å². The van der Waals surface area contributed by atoms with Gasteiger partial charge in [-0.15, -0.1) is 0 Å². The molecule has 11 heavy (non-hydrogen) atoms. The predicted octanol–water partition coefficient (Wildman–Crippen LogP) is -0.0668. The molecular formula is C6H10N2O2S. The summed E-state index contributed by atoms with van der Waals surface area (Å²) in [5.41, 5.74) is 0. The van der Waals surface area contributed by atoms with Crippen LogP contribution in [0.3, 0.4) is 0 Å². The first-order valence-electron chi connectivity index (χ1n) is 3.12. The van der Waals surface area contributed by atoms with Gasteiger partial charge in [0.1, 0.15) is 0 Å². The van der Waals surface area contributed by atoms with Crippen LogP contribution in [-0.4, -0.2) is 20.0 Å². The van der Waals surface area contributed by atoms with Gasteiger partial charge in [-0.1, -0.05) is 0 Å². The van der Waals surface area contributed by atoms with Crippen molar-refractivity contribution in [3.63, 3.8) is 0 Å². The first kappa shape index (κ1) is 8.29. The van der Waals surface area contributed by atoms with E-state index in [4.69, 9.17) is 0 Å². The molecule has 1 N–H and O–H groups in total.